The minimum Gasteiger partial charge on any atom is -0.320 e. The van der Waals surface area contributed by atoms with Gasteiger partial charge in [-0.2, -0.15) is 5.10 Å². The number of rotatable bonds is 5. The summed E-state index contributed by atoms with van der Waals surface area (Å²) in [6, 6.07) is 6.50. The molecule has 0 saturated heterocycles. The second-order valence-corrected chi connectivity index (χ2v) is 3.98. The first-order chi connectivity index (χ1) is 8.31. The largest absolute Gasteiger partial charge is 0.320 e. The van der Waals surface area contributed by atoms with Crippen LogP contribution >= 0.6 is 0 Å². The third kappa shape index (κ3) is 2.91. The summed E-state index contributed by atoms with van der Waals surface area (Å²) in [6.07, 6.45) is 3.78. The van der Waals surface area contributed by atoms with Crippen molar-refractivity contribution in [1.29, 1.82) is 0 Å². The van der Waals surface area contributed by atoms with Gasteiger partial charge in [-0.1, -0.05) is 12.1 Å². The van der Waals surface area contributed by atoms with Crippen molar-refractivity contribution in [1.82, 2.24) is 15.5 Å². The number of halogens is 1. The van der Waals surface area contributed by atoms with Crippen molar-refractivity contribution in [2.24, 2.45) is 0 Å². The van der Waals surface area contributed by atoms with Gasteiger partial charge < -0.3 is 5.32 Å². The van der Waals surface area contributed by atoms with Crippen LogP contribution in [0.3, 0.4) is 0 Å². The molecule has 0 unspecified atom stereocenters. The zero-order chi connectivity index (χ0) is 12.1. The van der Waals surface area contributed by atoms with Crippen LogP contribution in [-0.2, 0) is 6.42 Å². The van der Waals surface area contributed by atoms with Crippen LogP contribution in [0, 0.1) is 5.82 Å². The van der Waals surface area contributed by atoms with Crippen LogP contribution in [0.25, 0.3) is 11.1 Å². The molecule has 1 heterocycles. The molecule has 17 heavy (non-hydrogen) atoms. The molecule has 0 bridgehead atoms. The SMILES string of the molecule is CNCCCc1[nH]ncc1-c1ccc(F)cc1. The number of benzene rings is 1. The zero-order valence-corrected chi connectivity index (χ0v) is 9.83. The fourth-order valence-corrected chi connectivity index (χ4v) is 1.82. The second kappa shape index (κ2) is 5.59. The maximum atomic E-state index is 12.8. The summed E-state index contributed by atoms with van der Waals surface area (Å²) in [7, 11) is 1.94. The standard InChI is InChI=1S/C13H16FN3/c1-15-8-2-3-13-12(9-16-17-13)10-4-6-11(14)7-5-10/h4-7,9,15H,2-3,8H2,1H3,(H,16,17). The van der Waals surface area contributed by atoms with E-state index < -0.39 is 0 Å². The Labute approximate surface area is 100 Å². The van der Waals surface area contributed by atoms with E-state index in [1.807, 2.05) is 7.05 Å². The molecule has 0 aliphatic rings. The van der Waals surface area contributed by atoms with E-state index in [2.05, 4.69) is 15.5 Å². The van der Waals surface area contributed by atoms with Gasteiger partial charge in [0, 0.05) is 11.3 Å². The van der Waals surface area contributed by atoms with E-state index in [0.29, 0.717) is 0 Å². The molecule has 0 radical (unpaired) electrons. The predicted molar refractivity (Wildman–Crippen MR) is 66.2 cm³/mol. The smallest absolute Gasteiger partial charge is 0.123 e. The molecule has 2 N–H and O–H groups in total. The number of aryl methyl sites for hydroxylation is 1. The Kier molecular flexibility index (Phi) is 3.88. The molecule has 1 aromatic carbocycles. The monoisotopic (exact) mass is 233 g/mol. The quantitative estimate of drug-likeness (QED) is 0.778. The Balaban J connectivity index is 2.15. The van der Waals surface area contributed by atoms with Crippen molar-refractivity contribution in [2.45, 2.75) is 12.8 Å². The maximum absolute atomic E-state index is 12.8. The van der Waals surface area contributed by atoms with Crippen LogP contribution in [0.5, 0.6) is 0 Å². The van der Waals surface area contributed by atoms with Gasteiger partial charge in [0.05, 0.1) is 6.20 Å². The van der Waals surface area contributed by atoms with Crippen molar-refractivity contribution in [2.75, 3.05) is 13.6 Å². The summed E-state index contributed by atoms with van der Waals surface area (Å²) in [5.41, 5.74) is 3.16. The number of aromatic nitrogens is 2. The van der Waals surface area contributed by atoms with Gasteiger partial charge in [-0.3, -0.25) is 5.10 Å². The van der Waals surface area contributed by atoms with Gasteiger partial charge in [-0.25, -0.2) is 4.39 Å². The Morgan fingerprint density at radius 3 is 2.76 bits per heavy atom. The fourth-order valence-electron chi connectivity index (χ4n) is 1.82. The summed E-state index contributed by atoms with van der Waals surface area (Å²) in [5.74, 6) is -0.214. The Bertz CT molecular complexity index is 462. The van der Waals surface area contributed by atoms with Crippen molar-refractivity contribution >= 4 is 0 Å². The van der Waals surface area contributed by atoms with Crippen LogP contribution in [0.15, 0.2) is 30.5 Å². The summed E-state index contributed by atoms with van der Waals surface area (Å²) in [6.45, 7) is 0.974. The first-order valence-corrected chi connectivity index (χ1v) is 5.74. The lowest BCUT2D eigenvalue weighted by molar-refractivity contribution is 0.628. The van der Waals surface area contributed by atoms with Gasteiger partial charge in [0.2, 0.25) is 0 Å². The number of nitrogens with one attached hydrogen (secondary N) is 2. The molecule has 0 aliphatic carbocycles. The van der Waals surface area contributed by atoms with E-state index in [1.165, 1.54) is 12.1 Å². The molecule has 3 nitrogen and oxygen atoms in total. The summed E-state index contributed by atoms with van der Waals surface area (Å²) < 4.78 is 12.8. The second-order valence-electron chi connectivity index (χ2n) is 3.98. The molecule has 0 amide bonds. The summed E-state index contributed by atoms with van der Waals surface area (Å²) in [4.78, 5) is 0. The predicted octanol–water partition coefficient (Wildman–Crippen LogP) is 2.37. The highest BCUT2D eigenvalue weighted by molar-refractivity contribution is 5.65. The van der Waals surface area contributed by atoms with Crippen molar-refractivity contribution in [3.8, 4) is 11.1 Å². The molecule has 2 rings (SSSR count). The van der Waals surface area contributed by atoms with Crippen LogP contribution < -0.4 is 5.32 Å². The van der Waals surface area contributed by atoms with Crippen molar-refractivity contribution < 1.29 is 4.39 Å². The molecular formula is C13H16FN3. The van der Waals surface area contributed by atoms with E-state index in [9.17, 15) is 4.39 Å². The minimum atomic E-state index is -0.214. The first-order valence-electron chi connectivity index (χ1n) is 5.74. The van der Waals surface area contributed by atoms with Gasteiger partial charge >= 0.3 is 0 Å². The number of hydrogen-bond donors (Lipinski definition) is 2. The van der Waals surface area contributed by atoms with E-state index >= 15 is 0 Å². The third-order valence-corrected chi connectivity index (χ3v) is 2.73. The average molecular weight is 233 g/mol. The van der Waals surface area contributed by atoms with Gasteiger partial charge in [0.25, 0.3) is 0 Å². The highest BCUT2D eigenvalue weighted by Gasteiger charge is 2.07. The highest BCUT2D eigenvalue weighted by atomic mass is 19.1. The van der Waals surface area contributed by atoms with Crippen molar-refractivity contribution in [3.63, 3.8) is 0 Å². The fraction of sp³-hybridized carbons (Fsp3) is 0.308. The summed E-state index contributed by atoms with van der Waals surface area (Å²) in [5, 5.41) is 10.2. The summed E-state index contributed by atoms with van der Waals surface area (Å²) >= 11 is 0. The average Bonchev–Trinajstić information content (AvgIpc) is 2.79. The zero-order valence-electron chi connectivity index (χ0n) is 9.83. The molecule has 0 aliphatic heterocycles. The van der Waals surface area contributed by atoms with Gasteiger partial charge in [-0.05, 0) is 44.1 Å². The lowest BCUT2D eigenvalue weighted by atomic mass is 10.0. The molecule has 4 heteroatoms. The molecule has 0 atom stereocenters. The first kappa shape index (κ1) is 11.8. The number of aromatic amines is 1. The van der Waals surface area contributed by atoms with Gasteiger partial charge in [-0.15, -0.1) is 0 Å². The Morgan fingerprint density at radius 1 is 1.29 bits per heavy atom. The molecule has 2 aromatic rings. The molecular weight excluding hydrogens is 217 g/mol. The lowest BCUT2D eigenvalue weighted by Crippen LogP contribution is -2.08. The lowest BCUT2D eigenvalue weighted by Gasteiger charge is -2.03. The van der Waals surface area contributed by atoms with Crippen LogP contribution in [-0.4, -0.2) is 23.8 Å². The Hall–Kier alpha value is -1.68. The molecule has 90 valence electrons. The molecule has 0 spiro atoms. The normalized spacial score (nSPS) is 10.7. The van der Waals surface area contributed by atoms with Crippen LogP contribution in [0.4, 0.5) is 4.39 Å². The van der Waals surface area contributed by atoms with E-state index in [-0.39, 0.29) is 5.82 Å². The number of H-pyrrole nitrogens is 1. The Morgan fingerprint density at radius 2 is 2.06 bits per heavy atom. The maximum Gasteiger partial charge on any atom is 0.123 e. The number of nitrogens with zero attached hydrogens (tertiary/aromatic N) is 1. The molecule has 1 aromatic heterocycles. The molecule has 0 saturated carbocycles. The van der Waals surface area contributed by atoms with Crippen LogP contribution in [0.2, 0.25) is 0 Å². The number of hydrogen-bond acceptors (Lipinski definition) is 2. The third-order valence-electron chi connectivity index (χ3n) is 2.73. The minimum absolute atomic E-state index is 0.214. The van der Waals surface area contributed by atoms with Crippen molar-refractivity contribution in [3.05, 3.63) is 42.0 Å². The van der Waals surface area contributed by atoms with E-state index in [4.69, 9.17) is 0 Å². The molecule has 0 fully saturated rings. The van der Waals surface area contributed by atoms with E-state index in [0.717, 1.165) is 36.2 Å². The van der Waals surface area contributed by atoms with Gasteiger partial charge in [0.1, 0.15) is 5.82 Å². The van der Waals surface area contributed by atoms with E-state index in [1.54, 1.807) is 18.3 Å². The topological polar surface area (TPSA) is 40.7 Å². The van der Waals surface area contributed by atoms with Gasteiger partial charge in [0.15, 0.2) is 0 Å². The highest BCUT2D eigenvalue weighted by Crippen LogP contribution is 2.22. The van der Waals surface area contributed by atoms with Crippen LogP contribution in [0.1, 0.15) is 12.1 Å².